The third-order valence-corrected chi connectivity index (χ3v) is 1.61. The van der Waals surface area contributed by atoms with Gasteiger partial charge < -0.3 is 18.9 Å². The Morgan fingerprint density at radius 2 is 1.38 bits per heavy atom. The molecular formula is C12H22O4. The third kappa shape index (κ3) is 13.4. The van der Waals surface area contributed by atoms with Crippen molar-refractivity contribution in [2.24, 2.45) is 0 Å². The van der Waals surface area contributed by atoms with Crippen molar-refractivity contribution < 1.29 is 18.9 Å². The van der Waals surface area contributed by atoms with Crippen molar-refractivity contribution in [3.05, 3.63) is 0 Å². The minimum atomic E-state index is 0.258. The van der Waals surface area contributed by atoms with E-state index in [0.717, 1.165) is 0 Å². The standard InChI is InChI=1S/C12H22O4/c1-4-5-13-6-7-14-8-9-15-10-11-16-12(2)3/h1,12H,5-11H2,2-3H3. The number of hydrogen-bond donors (Lipinski definition) is 0. The molecule has 0 aromatic rings. The smallest absolute Gasteiger partial charge is 0.107 e. The van der Waals surface area contributed by atoms with Gasteiger partial charge in [0.25, 0.3) is 0 Å². The van der Waals surface area contributed by atoms with Crippen LogP contribution in [0.15, 0.2) is 0 Å². The molecule has 0 N–H and O–H groups in total. The van der Waals surface area contributed by atoms with E-state index in [9.17, 15) is 0 Å². The summed E-state index contributed by atoms with van der Waals surface area (Å²) in [6.07, 6.45) is 5.27. The fourth-order valence-electron chi connectivity index (χ4n) is 0.914. The molecule has 4 heteroatoms. The van der Waals surface area contributed by atoms with Gasteiger partial charge in [-0.15, -0.1) is 6.42 Å². The molecule has 4 nitrogen and oxygen atoms in total. The molecule has 0 aromatic heterocycles. The summed E-state index contributed by atoms with van der Waals surface area (Å²) in [4.78, 5) is 0. The molecule has 0 saturated heterocycles. The Kier molecular flexibility index (Phi) is 12.0. The number of hydrogen-bond acceptors (Lipinski definition) is 4. The molecule has 16 heavy (non-hydrogen) atoms. The zero-order valence-corrected chi connectivity index (χ0v) is 10.2. The first-order valence-corrected chi connectivity index (χ1v) is 5.55. The Hall–Kier alpha value is -0.600. The summed E-state index contributed by atoms with van der Waals surface area (Å²) in [5.74, 6) is 2.39. The molecule has 0 aliphatic heterocycles. The van der Waals surface area contributed by atoms with Crippen LogP contribution in [0.5, 0.6) is 0 Å². The molecule has 0 bridgehead atoms. The highest BCUT2D eigenvalue weighted by Crippen LogP contribution is 1.87. The maximum Gasteiger partial charge on any atom is 0.107 e. The first-order chi connectivity index (χ1) is 7.77. The van der Waals surface area contributed by atoms with Gasteiger partial charge in [-0.25, -0.2) is 0 Å². The van der Waals surface area contributed by atoms with Crippen LogP contribution in [0, 0.1) is 12.3 Å². The zero-order chi connectivity index (χ0) is 12.1. The van der Waals surface area contributed by atoms with Crippen LogP contribution in [0.3, 0.4) is 0 Å². The molecule has 0 aromatic carbocycles. The SMILES string of the molecule is C#CCOCCOCCOCCOC(C)C. The van der Waals surface area contributed by atoms with Crippen LogP contribution in [0.25, 0.3) is 0 Å². The van der Waals surface area contributed by atoms with Gasteiger partial charge in [-0.3, -0.25) is 0 Å². The molecule has 0 atom stereocenters. The second-order valence-electron chi connectivity index (χ2n) is 3.40. The van der Waals surface area contributed by atoms with E-state index in [-0.39, 0.29) is 6.10 Å². The first-order valence-electron chi connectivity index (χ1n) is 5.55. The highest BCUT2D eigenvalue weighted by atomic mass is 16.6. The second-order valence-corrected chi connectivity index (χ2v) is 3.40. The molecule has 0 radical (unpaired) electrons. The largest absolute Gasteiger partial charge is 0.377 e. The van der Waals surface area contributed by atoms with Crippen LogP contribution in [-0.2, 0) is 18.9 Å². The predicted molar refractivity (Wildman–Crippen MR) is 62.4 cm³/mol. The van der Waals surface area contributed by atoms with Gasteiger partial charge in [-0.05, 0) is 13.8 Å². The molecular weight excluding hydrogens is 208 g/mol. The Morgan fingerprint density at radius 1 is 0.875 bits per heavy atom. The van der Waals surface area contributed by atoms with Crippen molar-refractivity contribution in [1.82, 2.24) is 0 Å². The van der Waals surface area contributed by atoms with Gasteiger partial charge in [-0.2, -0.15) is 0 Å². The van der Waals surface area contributed by atoms with Crippen LogP contribution in [0.1, 0.15) is 13.8 Å². The molecule has 0 amide bonds. The van der Waals surface area contributed by atoms with E-state index in [0.29, 0.717) is 46.2 Å². The molecule has 0 spiro atoms. The van der Waals surface area contributed by atoms with Gasteiger partial charge in [0.05, 0.1) is 45.7 Å². The Balaban J connectivity index is 2.91. The van der Waals surface area contributed by atoms with Gasteiger partial charge in [0.15, 0.2) is 0 Å². The lowest BCUT2D eigenvalue weighted by Gasteiger charge is -2.08. The maximum absolute atomic E-state index is 5.31. The van der Waals surface area contributed by atoms with Gasteiger partial charge in [0, 0.05) is 0 Å². The normalized spacial score (nSPS) is 10.6. The Labute approximate surface area is 98.2 Å². The van der Waals surface area contributed by atoms with E-state index in [2.05, 4.69) is 5.92 Å². The van der Waals surface area contributed by atoms with Gasteiger partial charge in [0.1, 0.15) is 6.61 Å². The van der Waals surface area contributed by atoms with E-state index < -0.39 is 0 Å². The van der Waals surface area contributed by atoms with Gasteiger partial charge in [-0.1, -0.05) is 5.92 Å². The zero-order valence-electron chi connectivity index (χ0n) is 10.2. The van der Waals surface area contributed by atoms with Crippen LogP contribution in [0.4, 0.5) is 0 Å². The minimum Gasteiger partial charge on any atom is -0.377 e. The number of ether oxygens (including phenoxy) is 4. The summed E-state index contributed by atoms with van der Waals surface area (Å²) in [5.41, 5.74) is 0. The predicted octanol–water partition coefficient (Wildman–Crippen LogP) is 1.09. The molecule has 0 saturated carbocycles. The summed E-state index contributed by atoms with van der Waals surface area (Å²) in [5, 5.41) is 0. The molecule has 0 fully saturated rings. The molecule has 0 aliphatic rings. The lowest BCUT2D eigenvalue weighted by molar-refractivity contribution is -0.00970. The first kappa shape index (κ1) is 15.4. The highest BCUT2D eigenvalue weighted by Gasteiger charge is 1.93. The minimum absolute atomic E-state index is 0.258. The maximum atomic E-state index is 5.31. The second kappa shape index (κ2) is 12.5. The summed E-state index contributed by atoms with van der Waals surface area (Å²) in [7, 11) is 0. The molecule has 0 rings (SSSR count). The summed E-state index contributed by atoms with van der Waals surface area (Å²) in [6, 6.07) is 0. The molecule has 94 valence electrons. The van der Waals surface area contributed by atoms with Crippen molar-refractivity contribution in [1.29, 1.82) is 0 Å². The lowest BCUT2D eigenvalue weighted by atomic mass is 10.5. The number of terminal acetylenes is 1. The van der Waals surface area contributed by atoms with Crippen molar-refractivity contribution in [2.45, 2.75) is 20.0 Å². The lowest BCUT2D eigenvalue weighted by Crippen LogP contribution is -2.13. The van der Waals surface area contributed by atoms with E-state index in [1.165, 1.54) is 0 Å². The van der Waals surface area contributed by atoms with Gasteiger partial charge in [0.2, 0.25) is 0 Å². The molecule has 0 unspecified atom stereocenters. The topological polar surface area (TPSA) is 36.9 Å². The monoisotopic (exact) mass is 230 g/mol. The van der Waals surface area contributed by atoms with E-state index in [4.69, 9.17) is 25.4 Å². The fourth-order valence-corrected chi connectivity index (χ4v) is 0.914. The average Bonchev–Trinajstić information content (AvgIpc) is 2.25. The van der Waals surface area contributed by atoms with Crippen molar-refractivity contribution in [2.75, 3.05) is 46.2 Å². The van der Waals surface area contributed by atoms with E-state index >= 15 is 0 Å². The quantitative estimate of drug-likeness (QED) is 0.393. The fraction of sp³-hybridized carbons (Fsp3) is 0.833. The molecule has 0 heterocycles. The van der Waals surface area contributed by atoms with E-state index in [1.54, 1.807) is 0 Å². The summed E-state index contributed by atoms with van der Waals surface area (Å²) < 4.78 is 20.9. The number of rotatable bonds is 11. The highest BCUT2D eigenvalue weighted by molar-refractivity contribution is 4.82. The third-order valence-electron chi connectivity index (χ3n) is 1.61. The summed E-state index contributed by atoms with van der Waals surface area (Å²) in [6.45, 7) is 7.80. The van der Waals surface area contributed by atoms with Crippen molar-refractivity contribution in [3.8, 4) is 12.3 Å². The van der Waals surface area contributed by atoms with Crippen molar-refractivity contribution >= 4 is 0 Å². The van der Waals surface area contributed by atoms with Crippen LogP contribution in [-0.4, -0.2) is 52.4 Å². The average molecular weight is 230 g/mol. The summed E-state index contributed by atoms with van der Waals surface area (Å²) >= 11 is 0. The van der Waals surface area contributed by atoms with Crippen molar-refractivity contribution in [3.63, 3.8) is 0 Å². The molecule has 0 aliphatic carbocycles. The van der Waals surface area contributed by atoms with Crippen LogP contribution in [0.2, 0.25) is 0 Å². The van der Waals surface area contributed by atoms with Crippen LogP contribution < -0.4 is 0 Å². The Bertz CT molecular complexity index is 174. The Morgan fingerprint density at radius 3 is 1.88 bits per heavy atom. The van der Waals surface area contributed by atoms with Crippen LogP contribution >= 0.6 is 0 Å². The van der Waals surface area contributed by atoms with E-state index in [1.807, 2.05) is 13.8 Å². The van der Waals surface area contributed by atoms with Gasteiger partial charge >= 0.3 is 0 Å².